The summed E-state index contributed by atoms with van der Waals surface area (Å²) in [6.07, 6.45) is 6.42. The number of rotatable bonds is 4. The molecule has 1 aromatic rings. The van der Waals surface area contributed by atoms with E-state index in [0.717, 1.165) is 19.5 Å². The Hall–Kier alpha value is -1.21. The molecule has 6 nitrogen and oxygen atoms in total. The van der Waals surface area contributed by atoms with Crippen LogP contribution in [0.4, 0.5) is 11.4 Å². The van der Waals surface area contributed by atoms with Crippen molar-refractivity contribution in [2.24, 2.45) is 0 Å². The molecular weight excluding hydrogens is 312 g/mol. The Labute approximate surface area is 120 Å². The van der Waals surface area contributed by atoms with E-state index in [4.69, 9.17) is 0 Å². The second-order valence-corrected chi connectivity index (χ2v) is 5.63. The third-order valence-electron chi connectivity index (χ3n) is 3.34. The Kier molecular flexibility index (Phi) is 4.71. The van der Waals surface area contributed by atoms with Gasteiger partial charge in [-0.2, -0.15) is 0 Å². The molecule has 1 unspecified atom stereocenters. The van der Waals surface area contributed by atoms with Crippen molar-refractivity contribution in [3.05, 3.63) is 27.0 Å². The van der Waals surface area contributed by atoms with Crippen molar-refractivity contribution in [2.45, 2.75) is 25.3 Å². The van der Waals surface area contributed by atoms with Crippen LogP contribution < -0.4 is 10.2 Å². The van der Waals surface area contributed by atoms with Crippen LogP contribution in [0.1, 0.15) is 19.3 Å². The summed E-state index contributed by atoms with van der Waals surface area (Å²) >= 11 is 3.35. The van der Waals surface area contributed by atoms with Crippen LogP contribution in [-0.4, -0.2) is 36.1 Å². The van der Waals surface area contributed by atoms with Crippen molar-refractivity contribution < 1.29 is 4.92 Å². The molecule has 0 amide bonds. The van der Waals surface area contributed by atoms with Gasteiger partial charge in [0, 0.05) is 25.8 Å². The number of halogens is 1. The first-order valence-corrected chi connectivity index (χ1v) is 7.11. The third-order valence-corrected chi connectivity index (χ3v) is 3.92. The Morgan fingerprint density at radius 3 is 3.00 bits per heavy atom. The minimum Gasteiger partial charge on any atom is -0.366 e. The summed E-state index contributed by atoms with van der Waals surface area (Å²) < 4.78 is 0.653. The van der Waals surface area contributed by atoms with Gasteiger partial charge in [-0.15, -0.1) is 0 Å². The highest BCUT2D eigenvalue weighted by atomic mass is 79.9. The van der Waals surface area contributed by atoms with Gasteiger partial charge < -0.3 is 10.2 Å². The van der Waals surface area contributed by atoms with Crippen molar-refractivity contribution in [3.8, 4) is 0 Å². The normalized spacial score (nSPS) is 19.2. The van der Waals surface area contributed by atoms with Gasteiger partial charge >= 0.3 is 5.69 Å². The zero-order valence-corrected chi connectivity index (χ0v) is 12.4. The van der Waals surface area contributed by atoms with E-state index >= 15 is 0 Å². The molecule has 1 fully saturated rings. The first kappa shape index (κ1) is 14.2. The van der Waals surface area contributed by atoms with E-state index in [2.05, 4.69) is 26.2 Å². The Morgan fingerprint density at radius 1 is 1.58 bits per heavy atom. The maximum Gasteiger partial charge on any atom is 0.311 e. The second kappa shape index (κ2) is 6.29. The maximum atomic E-state index is 11.1. The number of hydrogen-bond acceptors (Lipinski definition) is 5. The first-order chi connectivity index (χ1) is 9.09. The number of anilines is 1. The molecule has 0 spiro atoms. The smallest absolute Gasteiger partial charge is 0.311 e. The summed E-state index contributed by atoms with van der Waals surface area (Å²) in [5.74, 6) is 0. The molecule has 1 aliphatic rings. The predicted molar refractivity (Wildman–Crippen MR) is 77.5 cm³/mol. The van der Waals surface area contributed by atoms with E-state index in [1.165, 1.54) is 19.0 Å². The lowest BCUT2D eigenvalue weighted by Gasteiger charge is -2.29. The average Bonchev–Trinajstić information content (AvgIpc) is 2.39. The third kappa shape index (κ3) is 3.42. The molecule has 1 aliphatic heterocycles. The van der Waals surface area contributed by atoms with Crippen molar-refractivity contribution in [3.63, 3.8) is 0 Å². The highest BCUT2D eigenvalue weighted by molar-refractivity contribution is 9.10. The number of nitrogens with one attached hydrogen (secondary N) is 1. The number of aromatic nitrogens is 1. The van der Waals surface area contributed by atoms with Gasteiger partial charge in [0.25, 0.3) is 0 Å². The molecule has 0 aliphatic carbocycles. The van der Waals surface area contributed by atoms with Gasteiger partial charge in [-0.3, -0.25) is 15.1 Å². The molecule has 1 saturated heterocycles. The number of nitrogens with zero attached hydrogens (tertiary/aromatic N) is 3. The molecule has 0 radical (unpaired) electrons. The van der Waals surface area contributed by atoms with Crippen molar-refractivity contribution in [1.29, 1.82) is 0 Å². The molecule has 7 heteroatoms. The average molecular weight is 329 g/mol. The van der Waals surface area contributed by atoms with Crippen LogP contribution in [0.2, 0.25) is 0 Å². The van der Waals surface area contributed by atoms with Crippen LogP contribution in [0, 0.1) is 10.1 Å². The van der Waals surface area contributed by atoms with Gasteiger partial charge in [0.05, 0.1) is 9.40 Å². The lowest BCUT2D eigenvalue weighted by molar-refractivity contribution is -0.384. The molecule has 1 N–H and O–H groups in total. The zero-order chi connectivity index (χ0) is 13.8. The molecule has 0 aromatic carbocycles. The molecule has 0 saturated carbocycles. The highest BCUT2D eigenvalue weighted by Crippen LogP contribution is 2.34. The van der Waals surface area contributed by atoms with E-state index in [1.54, 1.807) is 6.20 Å². The van der Waals surface area contributed by atoms with Gasteiger partial charge in [0.2, 0.25) is 0 Å². The molecule has 2 rings (SSSR count). The lowest BCUT2D eigenvalue weighted by Crippen LogP contribution is -2.42. The molecule has 0 bridgehead atoms. The minimum atomic E-state index is -0.391. The van der Waals surface area contributed by atoms with Crippen molar-refractivity contribution in [1.82, 2.24) is 10.3 Å². The minimum absolute atomic E-state index is 0.0349. The fourth-order valence-corrected chi connectivity index (χ4v) is 3.06. The quantitative estimate of drug-likeness (QED) is 0.678. The largest absolute Gasteiger partial charge is 0.366 e. The molecule has 2 heterocycles. The number of pyridine rings is 1. The van der Waals surface area contributed by atoms with Crippen LogP contribution in [-0.2, 0) is 0 Å². The molecule has 104 valence electrons. The lowest BCUT2D eigenvalue weighted by atomic mass is 10.0. The fourth-order valence-electron chi connectivity index (χ4n) is 2.43. The first-order valence-electron chi connectivity index (χ1n) is 6.32. The Balaban J connectivity index is 2.17. The SMILES string of the molecule is CN(CC1CCCCN1)c1c(Br)cncc1[N+](=O)[O-]. The number of nitro groups is 1. The van der Waals surface area contributed by atoms with E-state index in [0.29, 0.717) is 16.2 Å². The topological polar surface area (TPSA) is 71.3 Å². The summed E-state index contributed by atoms with van der Waals surface area (Å²) in [7, 11) is 1.88. The molecule has 1 atom stereocenters. The van der Waals surface area contributed by atoms with Gasteiger partial charge in [0.1, 0.15) is 11.9 Å². The molecule has 1 aromatic heterocycles. The highest BCUT2D eigenvalue weighted by Gasteiger charge is 2.23. The van der Waals surface area contributed by atoms with Crippen LogP contribution in [0.25, 0.3) is 0 Å². The number of piperidine rings is 1. The second-order valence-electron chi connectivity index (χ2n) is 4.77. The summed E-state index contributed by atoms with van der Waals surface area (Å²) in [6.45, 7) is 1.78. The maximum absolute atomic E-state index is 11.1. The number of hydrogen-bond donors (Lipinski definition) is 1. The van der Waals surface area contributed by atoms with Crippen LogP contribution >= 0.6 is 15.9 Å². The van der Waals surface area contributed by atoms with Gasteiger partial charge in [-0.25, -0.2) is 0 Å². The van der Waals surface area contributed by atoms with E-state index in [1.807, 2.05) is 11.9 Å². The van der Waals surface area contributed by atoms with E-state index in [-0.39, 0.29) is 5.69 Å². The Bertz CT molecular complexity index is 463. The summed E-state index contributed by atoms with van der Waals surface area (Å²) in [5, 5.41) is 14.5. The van der Waals surface area contributed by atoms with E-state index in [9.17, 15) is 10.1 Å². The fraction of sp³-hybridized carbons (Fsp3) is 0.583. The summed E-state index contributed by atoms with van der Waals surface area (Å²) in [5.41, 5.74) is 0.625. The standard InChI is InChI=1S/C12H17BrN4O2/c1-16(8-9-4-2-3-5-15-9)12-10(13)6-14-7-11(12)17(18)19/h6-7,9,15H,2-5,8H2,1H3. The molecule has 19 heavy (non-hydrogen) atoms. The Morgan fingerprint density at radius 2 is 2.37 bits per heavy atom. The van der Waals surface area contributed by atoms with Crippen LogP contribution in [0.3, 0.4) is 0 Å². The van der Waals surface area contributed by atoms with E-state index < -0.39 is 4.92 Å². The van der Waals surface area contributed by atoms with Crippen molar-refractivity contribution >= 4 is 27.3 Å². The monoisotopic (exact) mass is 328 g/mol. The van der Waals surface area contributed by atoms with Crippen LogP contribution in [0.5, 0.6) is 0 Å². The zero-order valence-electron chi connectivity index (χ0n) is 10.8. The molecular formula is C12H17BrN4O2. The predicted octanol–water partition coefficient (Wildman–Crippen LogP) is 2.33. The number of likely N-dealkylation sites (N-methyl/N-ethyl adjacent to an activating group) is 1. The van der Waals surface area contributed by atoms with Crippen LogP contribution in [0.15, 0.2) is 16.9 Å². The van der Waals surface area contributed by atoms with Gasteiger partial charge in [-0.05, 0) is 35.3 Å². The van der Waals surface area contributed by atoms with Crippen molar-refractivity contribution in [2.75, 3.05) is 25.0 Å². The van der Waals surface area contributed by atoms with Gasteiger partial charge in [-0.1, -0.05) is 6.42 Å². The summed E-state index contributed by atoms with van der Waals surface area (Å²) in [6, 6.07) is 0.387. The van der Waals surface area contributed by atoms with Gasteiger partial charge in [0.15, 0.2) is 0 Å². The summed E-state index contributed by atoms with van der Waals surface area (Å²) in [4.78, 5) is 16.5.